The van der Waals surface area contributed by atoms with Crippen molar-refractivity contribution in [2.75, 3.05) is 14.2 Å². The van der Waals surface area contributed by atoms with Gasteiger partial charge in [0.1, 0.15) is 23.7 Å². The molecule has 0 spiro atoms. The van der Waals surface area contributed by atoms with Crippen LogP contribution in [0, 0.1) is 5.82 Å². The third-order valence-corrected chi connectivity index (χ3v) is 4.93. The summed E-state index contributed by atoms with van der Waals surface area (Å²) in [7, 11) is 2.89. The first-order chi connectivity index (χ1) is 15.4. The van der Waals surface area contributed by atoms with Gasteiger partial charge in [0.15, 0.2) is 11.5 Å². The zero-order valence-corrected chi connectivity index (χ0v) is 18.6. The highest BCUT2D eigenvalue weighted by atomic mass is 35.5. The van der Waals surface area contributed by atoms with Crippen LogP contribution < -0.4 is 14.2 Å². The van der Waals surface area contributed by atoms with Crippen LogP contribution in [-0.4, -0.2) is 26.4 Å². The average Bonchev–Trinajstić information content (AvgIpc) is 2.79. The molecule has 0 unspecified atom stereocenters. The molecule has 3 rings (SSSR count). The zero-order chi connectivity index (χ0) is 23.1. The second-order valence-electron chi connectivity index (χ2n) is 6.36. The molecule has 9 heteroatoms. The van der Waals surface area contributed by atoms with E-state index >= 15 is 0 Å². The molecule has 3 aromatic carbocycles. The molecule has 3 aromatic rings. The monoisotopic (exact) mass is 477 g/mol. The lowest BCUT2D eigenvalue weighted by Gasteiger charge is -2.12. The number of nitrogens with zero attached hydrogens (tertiary/aromatic N) is 1. The molecule has 0 aliphatic heterocycles. The van der Waals surface area contributed by atoms with Crippen LogP contribution in [0.25, 0.3) is 0 Å². The first-order valence-corrected chi connectivity index (χ1v) is 10.0. The minimum Gasteiger partial charge on any atom is -0.496 e. The van der Waals surface area contributed by atoms with E-state index in [0.29, 0.717) is 27.8 Å². The standard InChI is InChI=1S/C23H18Cl2FNO5/c1-29-20-9-7-15(24)11-16(20)23(28)32-27-12-14-6-8-21(22(10-14)30-2)31-13-17-18(25)4-3-5-19(17)26/h3-12H,13H2,1-2H3. The fraction of sp³-hybridized carbons (Fsp3) is 0.130. The molecule has 0 heterocycles. The predicted octanol–water partition coefficient (Wildman–Crippen LogP) is 5.92. The Bertz CT molecular complexity index is 1130. The van der Waals surface area contributed by atoms with Crippen molar-refractivity contribution < 1.29 is 28.2 Å². The Balaban J connectivity index is 1.68. The van der Waals surface area contributed by atoms with Gasteiger partial charge in [0.25, 0.3) is 0 Å². The number of halogens is 3. The zero-order valence-electron chi connectivity index (χ0n) is 17.1. The van der Waals surface area contributed by atoms with Crippen LogP contribution in [0.3, 0.4) is 0 Å². The van der Waals surface area contributed by atoms with Gasteiger partial charge in [0.05, 0.1) is 25.5 Å². The Labute approximate surface area is 194 Å². The molecule has 6 nitrogen and oxygen atoms in total. The molecule has 0 aliphatic carbocycles. The van der Waals surface area contributed by atoms with Crippen LogP contribution in [0.1, 0.15) is 21.5 Å². The second kappa shape index (κ2) is 10.8. The number of hydrogen-bond acceptors (Lipinski definition) is 6. The summed E-state index contributed by atoms with van der Waals surface area (Å²) < 4.78 is 30.0. The van der Waals surface area contributed by atoms with Crippen molar-refractivity contribution in [2.45, 2.75) is 6.61 Å². The first kappa shape index (κ1) is 23.4. The van der Waals surface area contributed by atoms with Gasteiger partial charge >= 0.3 is 5.97 Å². The molecule has 0 radical (unpaired) electrons. The third-order valence-electron chi connectivity index (χ3n) is 4.34. The Morgan fingerprint density at radius 2 is 1.75 bits per heavy atom. The minimum absolute atomic E-state index is 0.0750. The van der Waals surface area contributed by atoms with Gasteiger partial charge in [-0.25, -0.2) is 9.18 Å². The summed E-state index contributed by atoms with van der Waals surface area (Å²) in [5, 5.41) is 4.34. The summed E-state index contributed by atoms with van der Waals surface area (Å²) in [6.07, 6.45) is 1.33. The first-order valence-electron chi connectivity index (χ1n) is 9.25. The molecule has 0 saturated carbocycles. The van der Waals surface area contributed by atoms with Crippen molar-refractivity contribution in [1.82, 2.24) is 0 Å². The maximum Gasteiger partial charge on any atom is 0.369 e. The minimum atomic E-state index is -0.728. The number of carbonyl (C=O) groups excluding carboxylic acids is 1. The van der Waals surface area contributed by atoms with Crippen LogP contribution >= 0.6 is 23.2 Å². The van der Waals surface area contributed by atoms with E-state index in [1.165, 1.54) is 38.6 Å². The van der Waals surface area contributed by atoms with Crippen molar-refractivity contribution in [2.24, 2.45) is 5.16 Å². The van der Waals surface area contributed by atoms with Gasteiger partial charge in [-0.15, -0.1) is 0 Å². The number of benzene rings is 3. The third kappa shape index (κ3) is 5.69. The SMILES string of the molecule is COc1cc(C=NOC(=O)c2cc(Cl)ccc2OC)ccc1OCc1c(F)cccc1Cl. The van der Waals surface area contributed by atoms with E-state index in [1.807, 2.05) is 0 Å². The van der Waals surface area contributed by atoms with Gasteiger partial charge in [-0.3, -0.25) is 0 Å². The number of methoxy groups -OCH3 is 2. The molecule has 0 bridgehead atoms. The highest BCUT2D eigenvalue weighted by Gasteiger charge is 2.15. The van der Waals surface area contributed by atoms with Crippen molar-refractivity contribution in [3.63, 3.8) is 0 Å². The Morgan fingerprint density at radius 1 is 1.00 bits per heavy atom. The predicted molar refractivity (Wildman–Crippen MR) is 120 cm³/mol. The topological polar surface area (TPSA) is 66.4 Å². The highest BCUT2D eigenvalue weighted by Crippen LogP contribution is 2.30. The quantitative estimate of drug-likeness (QED) is 0.229. The smallest absolute Gasteiger partial charge is 0.369 e. The molecular weight excluding hydrogens is 460 g/mol. The number of rotatable bonds is 8. The molecule has 0 saturated heterocycles. The molecule has 0 N–H and O–H groups in total. The van der Waals surface area contributed by atoms with Gasteiger partial charge in [0.2, 0.25) is 0 Å². The van der Waals surface area contributed by atoms with E-state index in [4.69, 9.17) is 42.3 Å². The number of carbonyl (C=O) groups is 1. The second-order valence-corrected chi connectivity index (χ2v) is 7.20. The van der Waals surface area contributed by atoms with E-state index < -0.39 is 11.8 Å². The van der Waals surface area contributed by atoms with Crippen LogP contribution in [0.4, 0.5) is 4.39 Å². The molecule has 0 atom stereocenters. The molecule has 0 amide bonds. The lowest BCUT2D eigenvalue weighted by atomic mass is 10.2. The number of ether oxygens (including phenoxy) is 3. The van der Waals surface area contributed by atoms with Gasteiger partial charge in [-0.1, -0.05) is 34.4 Å². The summed E-state index contributed by atoms with van der Waals surface area (Å²) in [5.74, 6) is -0.116. The van der Waals surface area contributed by atoms with E-state index in [0.717, 1.165) is 0 Å². The Hall–Kier alpha value is -3.29. The molecule has 0 aromatic heterocycles. The Kier molecular flexibility index (Phi) is 7.92. The average molecular weight is 478 g/mol. The molecule has 166 valence electrons. The van der Waals surface area contributed by atoms with Crippen molar-refractivity contribution in [1.29, 1.82) is 0 Å². The van der Waals surface area contributed by atoms with E-state index in [1.54, 1.807) is 36.4 Å². The molecule has 0 fully saturated rings. The van der Waals surface area contributed by atoms with E-state index in [9.17, 15) is 9.18 Å². The number of oxime groups is 1. The van der Waals surface area contributed by atoms with Crippen molar-refractivity contribution in [3.05, 3.63) is 87.2 Å². The van der Waals surface area contributed by atoms with Gasteiger partial charge in [-0.2, -0.15) is 0 Å². The van der Waals surface area contributed by atoms with Gasteiger partial charge < -0.3 is 19.0 Å². The lowest BCUT2D eigenvalue weighted by molar-refractivity contribution is 0.0515. The molecule has 32 heavy (non-hydrogen) atoms. The summed E-state index contributed by atoms with van der Waals surface area (Å²) >= 11 is 11.9. The van der Waals surface area contributed by atoms with Gasteiger partial charge in [-0.05, 0) is 48.5 Å². The van der Waals surface area contributed by atoms with E-state index in [-0.39, 0.29) is 22.8 Å². The van der Waals surface area contributed by atoms with E-state index in [2.05, 4.69) is 5.16 Å². The van der Waals surface area contributed by atoms with Crippen molar-refractivity contribution in [3.8, 4) is 17.2 Å². The lowest BCUT2D eigenvalue weighted by Crippen LogP contribution is -2.04. The summed E-state index contributed by atoms with van der Waals surface area (Å²) in [4.78, 5) is 17.2. The molecule has 0 aliphatic rings. The van der Waals surface area contributed by atoms with Crippen LogP contribution in [0.5, 0.6) is 17.2 Å². The normalized spacial score (nSPS) is 10.8. The summed E-state index contributed by atoms with van der Waals surface area (Å²) in [5.41, 5.74) is 0.958. The maximum atomic E-state index is 13.9. The summed E-state index contributed by atoms with van der Waals surface area (Å²) in [6.45, 7) is -0.0750. The largest absolute Gasteiger partial charge is 0.496 e. The van der Waals surface area contributed by atoms with Crippen molar-refractivity contribution >= 4 is 35.4 Å². The van der Waals surface area contributed by atoms with Crippen LogP contribution in [0.15, 0.2) is 59.8 Å². The van der Waals surface area contributed by atoms with Gasteiger partial charge in [0, 0.05) is 16.1 Å². The fourth-order valence-corrected chi connectivity index (χ4v) is 3.12. The molecular formula is C23H18Cl2FNO5. The van der Waals surface area contributed by atoms with Crippen LogP contribution in [-0.2, 0) is 11.4 Å². The van der Waals surface area contributed by atoms with Crippen LogP contribution in [0.2, 0.25) is 10.0 Å². The number of hydrogen-bond donors (Lipinski definition) is 0. The summed E-state index contributed by atoms with van der Waals surface area (Å²) in [6, 6.07) is 13.9. The maximum absolute atomic E-state index is 13.9. The Morgan fingerprint density at radius 3 is 2.47 bits per heavy atom. The fourth-order valence-electron chi connectivity index (χ4n) is 2.73. The highest BCUT2D eigenvalue weighted by molar-refractivity contribution is 6.31.